The second-order valence-corrected chi connectivity index (χ2v) is 19.8. The number of imide groups is 2. The number of nitrogens with zero attached hydrogens (tertiary/aromatic N) is 6. The molecule has 3 aromatic heterocycles. The number of anilines is 3. The van der Waals surface area contributed by atoms with Crippen LogP contribution in [0.3, 0.4) is 0 Å². The van der Waals surface area contributed by atoms with E-state index in [9.17, 15) is 38.7 Å². The molecule has 4 aliphatic rings. The Morgan fingerprint density at radius 2 is 1.54 bits per heavy atom. The Balaban J connectivity index is 0.000000369. The number of pyridine rings is 3. The average Bonchev–Trinajstić information content (AvgIpc) is 3.34. The van der Waals surface area contributed by atoms with Crippen molar-refractivity contribution in [3.63, 3.8) is 0 Å². The number of aryl methyl sites for hydroxylation is 1. The number of carbonyl (C=O) groups excluding carboxylic acids is 5. The first-order valence-corrected chi connectivity index (χ1v) is 26.9. The minimum absolute atomic E-state index is 0. The van der Waals surface area contributed by atoms with Crippen LogP contribution in [0.2, 0.25) is 0 Å². The van der Waals surface area contributed by atoms with Crippen molar-refractivity contribution in [3.05, 3.63) is 153 Å². The van der Waals surface area contributed by atoms with Gasteiger partial charge in [0.25, 0.3) is 11.1 Å². The maximum Gasteiger partial charge on any atom is 0.274 e. The topological polar surface area (TPSA) is 245 Å². The number of amides is 5. The molecule has 429 valence electrons. The Morgan fingerprint density at radius 3 is 2.20 bits per heavy atom. The van der Waals surface area contributed by atoms with E-state index in [2.05, 4.69) is 43.7 Å². The predicted molar refractivity (Wildman–Crippen MR) is 298 cm³/mol. The third-order valence-electron chi connectivity index (χ3n) is 14.3. The molecule has 23 heteroatoms. The second-order valence-electron chi connectivity index (χ2n) is 19.8. The largest absolute Gasteiger partial charge is 0.392 e. The summed E-state index contributed by atoms with van der Waals surface area (Å²) in [5.74, 6) is -2.05. The van der Waals surface area contributed by atoms with Crippen molar-refractivity contribution in [1.29, 1.82) is 0 Å². The number of piperidine rings is 1. The second kappa shape index (κ2) is 28.8. The zero-order valence-corrected chi connectivity index (χ0v) is 48.4. The number of hydrogen-bond donors (Lipinski definition) is 4. The molecule has 6 heterocycles. The first-order valence-electron chi connectivity index (χ1n) is 26.9. The summed E-state index contributed by atoms with van der Waals surface area (Å²) in [6.45, 7) is 11.5. The molecule has 0 spiro atoms. The molecule has 1 radical (unpaired) electrons. The standard InChI is InChI=1S/C46H55FN7O8.C13H9N2O4.Y/c1-32(56)48-11-18-59-20-22-61-24-25-62-23-21-60-19-17-52-13-15-53(16-14-52)37-8-9-43(49-29-37)50-41-28-36(30-51(2)45(41)57)38-4-3-5-42(39(38)31-55)54-12-10-34-26-35(33-6-7-33)27-40(47)44(34)46(54)58;16-10-6-5-9(11(17)14-10)15-12(18)7-3-1-2-4-8(7)13(15)19;/h3-5,8-10,12,26-30,33,55H,1,6-7,11,13-25,31H2,2H3,(H,48,56)(H,49,50);1-3,9H,5-6H2,(H,14,16,17);/q2*-1;. The first-order chi connectivity index (χ1) is 39.3. The smallest absolute Gasteiger partial charge is 0.274 e. The Bertz CT molecular complexity index is 3370. The van der Waals surface area contributed by atoms with E-state index in [0.29, 0.717) is 105 Å². The van der Waals surface area contributed by atoms with Crippen LogP contribution in [0.5, 0.6) is 0 Å². The van der Waals surface area contributed by atoms with E-state index in [4.69, 9.17) is 18.9 Å². The Kier molecular flexibility index (Phi) is 21.4. The Hall–Kier alpha value is -7.02. The van der Waals surface area contributed by atoms with Gasteiger partial charge >= 0.3 is 0 Å². The Morgan fingerprint density at radius 1 is 0.829 bits per heavy atom. The Labute approximate surface area is 497 Å². The van der Waals surface area contributed by atoms with Gasteiger partial charge in [0.05, 0.1) is 88.3 Å². The van der Waals surface area contributed by atoms with Gasteiger partial charge in [0.2, 0.25) is 17.7 Å². The van der Waals surface area contributed by atoms with E-state index in [1.807, 2.05) is 24.3 Å². The van der Waals surface area contributed by atoms with Gasteiger partial charge in [-0.2, -0.15) is 0 Å². The molecule has 1 saturated carbocycles. The molecule has 6 aromatic rings. The van der Waals surface area contributed by atoms with Crippen molar-refractivity contribution < 1.29 is 85.1 Å². The molecule has 3 aliphatic heterocycles. The summed E-state index contributed by atoms with van der Waals surface area (Å²) in [6, 6.07) is 22.4. The van der Waals surface area contributed by atoms with Crippen LogP contribution < -0.4 is 32.0 Å². The molecule has 2 saturated heterocycles. The molecule has 21 nitrogen and oxygen atoms in total. The fourth-order valence-electron chi connectivity index (χ4n) is 9.96. The van der Waals surface area contributed by atoms with Crippen LogP contribution in [0.1, 0.15) is 63.4 Å². The van der Waals surface area contributed by atoms with E-state index < -0.39 is 41.7 Å². The van der Waals surface area contributed by atoms with Gasteiger partial charge in [-0.05, 0) is 83.7 Å². The average molecular weight is 1200 g/mol. The zero-order valence-electron chi connectivity index (χ0n) is 45.5. The molecule has 1 unspecified atom stereocenters. The summed E-state index contributed by atoms with van der Waals surface area (Å²) in [5.41, 5.74) is 3.99. The van der Waals surface area contributed by atoms with Gasteiger partial charge in [-0.3, -0.25) is 38.8 Å². The predicted octanol–water partition coefficient (Wildman–Crippen LogP) is 4.03. The van der Waals surface area contributed by atoms with Gasteiger partial charge in [0, 0.05) is 109 Å². The van der Waals surface area contributed by atoms with Crippen molar-refractivity contribution in [3.8, 4) is 16.8 Å². The third-order valence-corrected chi connectivity index (χ3v) is 14.3. The van der Waals surface area contributed by atoms with Gasteiger partial charge in [-0.15, -0.1) is 24.3 Å². The van der Waals surface area contributed by atoms with E-state index >= 15 is 4.39 Å². The molecule has 1 aliphatic carbocycles. The van der Waals surface area contributed by atoms with Crippen LogP contribution in [0, 0.1) is 18.8 Å². The summed E-state index contributed by atoms with van der Waals surface area (Å²) < 4.78 is 40.3. The van der Waals surface area contributed by atoms with Crippen molar-refractivity contribution in [2.45, 2.75) is 44.2 Å². The number of benzene rings is 3. The summed E-state index contributed by atoms with van der Waals surface area (Å²) in [4.78, 5) is 95.1. The number of fused-ring (bicyclic) bond motifs is 2. The fraction of sp³-hybridized carbons (Fsp3) is 0.373. The number of carbonyl (C=O) groups is 5. The monoisotopic (exact) mass is 1200 g/mol. The number of aliphatic hydroxyl groups excluding tert-OH is 1. The summed E-state index contributed by atoms with van der Waals surface area (Å²) in [6.07, 6.45) is 7.44. The molecule has 3 fully saturated rings. The van der Waals surface area contributed by atoms with Gasteiger partial charge in [0.1, 0.15) is 23.4 Å². The molecule has 0 bridgehead atoms. The number of aromatic nitrogens is 3. The minimum atomic E-state index is -0.918. The van der Waals surface area contributed by atoms with Crippen LogP contribution >= 0.6 is 0 Å². The van der Waals surface area contributed by atoms with E-state index in [1.165, 1.54) is 27.3 Å². The minimum Gasteiger partial charge on any atom is -0.392 e. The number of ether oxygens (including phenoxy) is 4. The van der Waals surface area contributed by atoms with Gasteiger partial charge < -0.3 is 65.6 Å². The molecule has 3 aromatic carbocycles. The van der Waals surface area contributed by atoms with Crippen molar-refractivity contribution in [2.24, 2.45) is 7.05 Å². The third kappa shape index (κ3) is 15.0. The SMILES string of the molecule is O=C1CCC(N2C(=O)c3[c-]cccc3C2=O)C(=O)N1.[CH2-]C(=O)NCCOCCOCCOCCOCCN1CCN(c2ccc(Nc3cc(-c4cccc(-n5ccc6cc(C7CC7)cc(F)c6c5=O)c4CO)cn(C)c3=O)nc2)CC1.[Y]. The van der Waals surface area contributed by atoms with Crippen molar-refractivity contribution in [1.82, 2.24) is 34.6 Å². The van der Waals surface area contributed by atoms with Crippen LogP contribution in [0.15, 0.2) is 101 Å². The molecule has 5 amide bonds. The quantitative estimate of drug-likeness (QED) is 0.0402. The van der Waals surface area contributed by atoms with Crippen LogP contribution in [-0.2, 0) is 79.7 Å². The number of nitrogens with one attached hydrogen (secondary N) is 3. The first kappa shape index (κ1) is 61.1. The summed E-state index contributed by atoms with van der Waals surface area (Å²) >= 11 is 0. The maximum atomic E-state index is 15.4. The van der Waals surface area contributed by atoms with Gasteiger partial charge in [-0.1, -0.05) is 23.8 Å². The number of hydrogen-bond acceptors (Lipinski definition) is 16. The van der Waals surface area contributed by atoms with Crippen LogP contribution in [0.4, 0.5) is 21.6 Å². The van der Waals surface area contributed by atoms with E-state index in [-0.39, 0.29) is 79.4 Å². The van der Waals surface area contributed by atoms with Crippen molar-refractivity contribution in [2.75, 3.05) is 102 Å². The molecular formula is C59H64FN9O12Y-2. The van der Waals surface area contributed by atoms with Crippen LogP contribution in [0.25, 0.3) is 27.6 Å². The number of piperazine rings is 1. The number of aliphatic hydroxyl groups is 1. The summed E-state index contributed by atoms with van der Waals surface area (Å²) in [7, 11) is 1.65. The normalized spacial score (nSPS) is 16.1. The fourth-order valence-corrected chi connectivity index (χ4v) is 9.96. The number of rotatable bonds is 23. The van der Waals surface area contributed by atoms with E-state index in [0.717, 1.165) is 61.7 Å². The van der Waals surface area contributed by atoms with Crippen molar-refractivity contribution >= 4 is 57.5 Å². The van der Waals surface area contributed by atoms with Crippen LogP contribution in [-0.4, -0.2) is 157 Å². The zero-order chi connectivity index (χ0) is 57.0. The summed E-state index contributed by atoms with van der Waals surface area (Å²) in [5, 5.41) is 19.1. The van der Waals surface area contributed by atoms with Gasteiger partial charge in [0.15, 0.2) is 5.91 Å². The van der Waals surface area contributed by atoms with Gasteiger partial charge in [-0.25, -0.2) is 9.37 Å². The molecule has 4 N–H and O–H groups in total. The molecule has 1 atom stereocenters. The molecule has 10 rings (SSSR count). The maximum absolute atomic E-state index is 15.4. The molecule has 82 heavy (non-hydrogen) atoms. The van der Waals surface area contributed by atoms with E-state index in [1.54, 1.807) is 56.0 Å². The number of halogens is 1. The molecular weight excluding hydrogens is 1130 g/mol.